The van der Waals surface area contributed by atoms with E-state index >= 15 is 0 Å². The summed E-state index contributed by atoms with van der Waals surface area (Å²) >= 11 is 1.62. The number of hydrogen-bond acceptors (Lipinski definition) is 3. The second-order valence-corrected chi connectivity index (χ2v) is 4.32. The summed E-state index contributed by atoms with van der Waals surface area (Å²) in [5.74, 6) is 0.221. The Balaban J connectivity index is 2.80. The number of rotatable bonds is 1. The van der Waals surface area contributed by atoms with E-state index in [2.05, 4.69) is 0 Å². The number of thiophene rings is 1. The molecule has 1 aromatic carbocycles. The average Bonchev–Trinajstić information content (AvgIpc) is 2.43. The quantitative estimate of drug-likeness (QED) is 0.731. The molecule has 0 atom stereocenters. The first-order valence-electron chi connectivity index (χ1n) is 4.03. The van der Waals surface area contributed by atoms with Gasteiger partial charge in [-0.25, -0.2) is 0 Å². The van der Waals surface area contributed by atoms with Crippen LogP contribution in [-0.4, -0.2) is 10.2 Å². The SMILES string of the molecule is Cc1cc2c(CO)cc(O)cc2s1. The molecule has 0 aliphatic carbocycles. The second-order valence-electron chi connectivity index (χ2n) is 3.03. The molecular weight excluding hydrogens is 184 g/mol. The summed E-state index contributed by atoms with van der Waals surface area (Å²) < 4.78 is 1.03. The highest BCUT2D eigenvalue weighted by Crippen LogP contribution is 2.31. The van der Waals surface area contributed by atoms with Gasteiger partial charge in [0.25, 0.3) is 0 Å². The van der Waals surface area contributed by atoms with Crippen LogP contribution in [0.15, 0.2) is 18.2 Å². The normalized spacial score (nSPS) is 10.9. The van der Waals surface area contributed by atoms with Crippen molar-refractivity contribution >= 4 is 21.4 Å². The van der Waals surface area contributed by atoms with E-state index in [1.807, 2.05) is 13.0 Å². The fourth-order valence-corrected chi connectivity index (χ4v) is 2.46. The van der Waals surface area contributed by atoms with Crippen LogP contribution in [0.2, 0.25) is 0 Å². The van der Waals surface area contributed by atoms with Crippen molar-refractivity contribution in [2.75, 3.05) is 0 Å². The van der Waals surface area contributed by atoms with Crippen LogP contribution in [0.4, 0.5) is 0 Å². The van der Waals surface area contributed by atoms with Crippen LogP contribution in [0.5, 0.6) is 5.75 Å². The number of fused-ring (bicyclic) bond motifs is 1. The van der Waals surface area contributed by atoms with E-state index in [1.54, 1.807) is 23.5 Å². The minimum atomic E-state index is -0.0267. The van der Waals surface area contributed by atoms with Crippen molar-refractivity contribution in [3.63, 3.8) is 0 Å². The molecule has 0 bridgehead atoms. The number of benzene rings is 1. The Morgan fingerprint density at radius 1 is 1.31 bits per heavy atom. The van der Waals surface area contributed by atoms with E-state index in [0.717, 1.165) is 15.6 Å². The van der Waals surface area contributed by atoms with Gasteiger partial charge in [0.05, 0.1) is 6.61 Å². The first kappa shape index (κ1) is 8.53. The predicted octanol–water partition coefficient (Wildman–Crippen LogP) is 2.41. The Labute approximate surface area is 80.1 Å². The molecule has 0 saturated heterocycles. The molecular formula is C10H10O2S. The average molecular weight is 194 g/mol. The Morgan fingerprint density at radius 2 is 2.08 bits per heavy atom. The van der Waals surface area contributed by atoms with Gasteiger partial charge in [-0.3, -0.25) is 0 Å². The predicted molar refractivity (Wildman–Crippen MR) is 54.1 cm³/mol. The van der Waals surface area contributed by atoms with Crippen LogP contribution < -0.4 is 0 Å². The lowest BCUT2D eigenvalue weighted by atomic mass is 10.1. The van der Waals surface area contributed by atoms with Crippen LogP contribution in [0.1, 0.15) is 10.4 Å². The number of hydrogen-bond donors (Lipinski definition) is 2. The lowest BCUT2D eigenvalue weighted by molar-refractivity contribution is 0.283. The highest BCUT2D eigenvalue weighted by Gasteiger charge is 2.05. The molecule has 1 heterocycles. The smallest absolute Gasteiger partial charge is 0.117 e. The zero-order valence-corrected chi connectivity index (χ0v) is 8.06. The van der Waals surface area contributed by atoms with E-state index in [1.165, 1.54) is 4.88 Å². The number of aliphatic hydroxyl groups excluding tert-OH is 1. The molecule has 0 amide bonds. The lowest BCUT2D eigenvalue weighted by Crippen LogP contribution is -1.82. The molecule has 0 fully saturated rings. The van der Waals surface area contributed by atoms with Gasteiger partial charge >= 0.3 is 0 Å². The van der Waals surface area contributed by atoms with Crippen molar-refractivity contribution in [2.24, 2.45) is 0 Å². The highest BCUT2D eigenvalue weighted by molar-refractivity contribution is 7.19. The van der Waals surface area contributed by atoms with Crippen molar-refractivity contribution in [2.45, 2.75) is 13.5 Å². The number of aryl methyl sites for hydroxylation is 1. The molecule has 2 N–H and O–H groups in total. The Kier molecular flexibility index (Phi) is 1.98. The van der Waals surface area contributed by atoms with Gasteiger partial charge < -0.3 is 10.2 Å². The van der Waals surface area contributed by atoms with Gasteiger partial charge in [-0.15, -0.1) is 11.3 Å². The minimum Gasteiger partial charge on any atom is -0.508 e. The van der Waals surface area contributed by atoms with Gasteiger partial charge in [-0.2, -0.15) is 0 Å². The third-order valence-electron chi connectivity index (χ3n) is 2.00. The van der Waals surface area contributed by atoms with Gasteiger partial charge in [0.15, 0.2) is 0 Å². The van der Waals surface area contributed by atoms with Gasteiger partial charge in [0.1, 0.15) is 5.75 Å². The molecule has 1 aromatic heterocycles. The summed E-state index contributed by atoms with van der Waals surface area (Å²) in [5, 5.41) is 19.5. The molecule has 0 saturated carbocycles. The van der Waals surface area contributed by atoms with Crippen molar-refractivity contribution in [3.8, 4) is 5.75 Å². The maximum Gasteiger partial charge on any atom is 0.117 e. The van der Waals surface area contributed by atoms with Gasteiger partial charge in [-0.1, -0.05) is 0 Å². The van der Waals surface area contributed by atoms with Gasteiger partial charge in [-0.05, 0) is 36.1 Å². The Hall–Kier alpha value is -1.06. The molecule has 2 aromatic rings. The fraction of sp³-hybridized carbons (Fsp3) is 0.200. The monoisotopic (exact) mass is 194 g/mol. The van der Waals surface area contributed by atoms with Gasteiger partial charge in [0, 0.05) is 9.58 Å². The lowest BCUT2D eigenvalue weighted by Gasteiger charge is -1.99. The van der Waals surface area contributed by atoms with Crippen molar-refractivity contribution < 1.29 is 10.2 Å². The van der Waals surface area contributed by atoms with Gasteiger partial charge in [0.2, 0.25) is 0 Å². The van der Waals surface area contributed by atoms with Crippen molar-refractivity contribution in [1.82, 2.24) is 0 Å². The second kappa shape index (κ2) is 3.01. The van der Waals surface area contributed by atoms with E-state index in [-0.39, 0.29) is 12.4 Å². The maximum atomic E-state index is 9.35. The molecule has 0 spiro atoms. The van der Waals surface area contributed by atoms with E-state index in [0.29, 0.717) is 0 Å². The van der Waals surface area contributed by atoms with Crippen LogP contribution in [0.3, 0.4) is 0 Å². The van der Waals surface area contributed by atoms with Crippen LogP contribution in [-0.2, 0) is 6.61 Å². The molecule has 0 unspecified atom stereocenters. The third kappa shape index (κ3) is 1.41. The van der Waals surface area contributed by atoms with Crippen LogP contribution in [0, 0.1) is 6.92 Å². The van der Waals surface area contributed by atoms with Crippen molar-refractivity contribution in [3.05, 3.63) is 28.6 Å². The number of phenols is 1. The number of aliphatic hydroxyl groups is 1. The first-order chi connectivity index (χ1) is 6.20. The summed E-state index contributed by atoms with van der Waals surface area (Å²) in [6, 6.07) is 5.37. The van der Waals surface area contributed by atoms with Crippen LogP contribution >= 0.6 is 11.3 Å². The summed E-state index contributed by atoms with van der Waals surface area (Å²) in [7, 11) is 0. The molecule has 2 nitrogen and oxygen atoms in total. The number of phenolic OH excluding ortho intramolecular Hbond substituents is 1. The standard InChI is InChI=1S/C10H10O2S/c1-6-2-9-7(5-11)3-8(12)4-10(9)13-6/h2-4,11-12H,5H2,1H3. The summed E-state index contributed by atoms with van der Waals surface area (Å²) in [5.41, 5.74) is 0.791. The molecule has 13 heavy (non-hydrogen) atoms. The molecule has 3 heteroatoms. The Bertz CT molecular complexity index is 445. The molecule has 0 aliphatic heterocycles. The maximum absolute atomic E-state index is 9.35. The zero-order valence-electron chi connectivity index (χ0n) is 7.24. The summed E-state index contributed by atoms with van der Waals surface area (Å²) in [4.78, 5) is 1.19. The highest BCUT2D eigenvalue weighted by atomic mass is 32.1. The summed E-state index contributed by atoms with van der Waals surface area (Å²) in [6.07, 6.45) is 0. The zero-order chi connectivity index (χ0) is 9.42. The third-order valence-corrected chi connectivity index (χ3v) is 3.00. The largest absolute Gasteiger partial charge is 0.508 e. The van der Waals surface area contributed by atoms with E-state index in [9.17, 15) is 5.11 Å². The van der Waals surface area contributed by atoms with Crippen molar-refractivity contribution in [1.29, 1.82) is 0 Å². The Morgan fingerprint density at radius 3 is 2.77 bits per heavy atom. The molecule has 68 valence electrons. The fourth-order valence-electron chi connectivity index (χ4n) is 1.45. The van der Waals surface area contributed by atoms with E-state index < -0.39 is 0 Å². The summed E-state index contributed by atoms with van der Waals surface area (Å²) in [6.45, 7) is 1.99. The molecule has 0 aliphatic rings. The minimum absolute atomic E-state index is 0.0267. The topological polar surface area (TPSA) is 40.5 Å². The number of aromatic hydroxyl groups is 1. The van der Waals surface area contributed by atoms with E-state index in [4.69, 9.17) is 5.11 Å². The molecule has 0 radical (unpaired) electrons. The molecule has 2 rings (SSSR count). The first-order valence-corrected chi connectivity index (χ1v) is 4.85. The van der Waals surface area contributed by atoms with Crippen LogP contribution in [0.25, 0.3) is 10.1 Å².